The van der Waals surface area contributed by atoms with Crippen molar-refractivity contribution < 1.29 is 14.3 Å². The minimum absolute atomic E-state index is 0.122. The zero-order chi connectivity index (χ0) is 18.0. The fourth-order valence-electron chi connectivity index (χ4n) is 2.77. The van der Waals surface area contributed by atoms with Crippen molar-refractivity contribution in [3.05, 3.63) is 16.0 Å². The van der Waals surface area contributed by atoms with Gasteiger partial charge < -0.3 is 15.8 Å². The lowest BCUT2D eigenvalue weighted by Gasteiger charge is -2.18. The molecule has 0 spiro atoms. The quantitative estimate of drug-likeness (QED) is 0.535. The van der Waals surface area contributed by atoms with E-state index in [1.54, 1.807) is 0 Å². The Labute approximate surface area is 152 Å². The number of aromatic amines is 1. The molecule has 4 N–H and O–H groups in total. The molecule has 0 fully saturated rings. The minimum Gasteiger partial charge on any atom is -0.465 e. The Morgan fingerprint density at radius 3 is 3.00 bits per heavy atom. The molecular weight excluding hydrogens is 362 g/mol. The number of amides is 1. The second-order valence-electron chi connectivity index (χ2n) is 5.89. The van der Waals surface area contributed by atoms with Crippen molar-refractivity contribution in [1.82, 2.24) is 15.2 Å². The number of hydrogen-bond acceptors (Lipinski definition) is 8. The maximum atomic E-state index is 12.3. The van der Waals surface area contributed by atoms with E-state index in [0.717, 1.165) is 29.7 Å². The van der Waals surface area contributed by atoms with E-state index in [1.807, 2.05) is 0 Å². The molecule has 134 valence electrons. The van der Waals surface area contributed by atoms with E-state index in [2.05, 4.69) is 27.4 Å². The fourth-order valence-corrected chi connectivity index (χ4v) is 4.79. The molecule has 0 radical (unpaired) electrons. The van der Waals surface area contributed by atoms with Crippen LogP contribution < -0.4 is 11.1 Å². The number of nitrogens with one attached hydrogen (secondary N) is 2. The van der Waals surface area contributed by atoms with Crippen LogP contribution in [-0.4, -0.2) is 39.9 Å². The van der Waals surface area contributed by atoms with Crippen LogP contribution in [0.4, 0.5) is 10.9 Å². The van der Waals surface area contributed by atoms with Crippen molar-refractivity contribution in [2.24, 2.45) is 5.92 Å². The second-order valence-corrected chi connectivity index (χ2v) is 7.94. The third-order valence-corrected chi connectivity index (χ3v) is 5.99. The number of anilines is 2. The lowest BCUT2D eigenvalue weighted by Crippen LogP contribution is -2.17. The molecule has 3 rings (SSSR count). The van der Waals surface area contributed by atoms with Crippen molar-refractivity contribution >= 4 is 45.9 Å². The van der Waals surface area contributed by atoms with Crippen LogP contribution in [0.2, 0.25) is 0 Å². The third kappa shape index (κ3) is 3.96. The minimum atomic E-state index is -0.406. The van der Waals surface area contributed by atoms with Crippen molar-refractivity contribution in [3.63, 3.8) is 0 Å². The molecule has 0 bridgehead atoms. The summed E-state index contributed by atoms with van der Waals surface area (Å²) in [5.74, 6) is 0.265. The van der Waals surface area contributed by atoms with E-state index >= 15 is 0 Å². The Morgan fingerprint density at radius 1 is 1.52 bits per heavy atom. The second kappa shape index (κ2) is 7.44. The number of fused-ring (bicyclic) bond motifs is 1. The lowest BCUT2D eigenvalue weighted by molar-refractivity contribution is -0.113. The van der Waals surface area contributed by atoms with Gasteiger partial charge in [-0.25, -0.2) is 9.89 Å². The van der Waals surface area contributed by atoms with Gasteiger partial charge in [0.2, 0.25) is 17.0 Å². The number of H-pyrrole nitrogens is 1. The van der Waals surface area contributed by atoms with Gasteiger partial charge in [-0.1, -0.05) is 18.7 Å². The van der Waals surface area contributed by atoms with Crippen molar-refractivity contribution in [2.45, 2.75) is 31.3 Å². The summed E-state index contributed by atoms with van der Waals surface area (Å²) in [6.07, 6.45) is 2.78. The molecule has 2 heterocycles. The number of nitrogens with zero attached hydrogens (tertiary/aromatic N) is 2. The molecule has 0 saturated carbocycles. The molecule has 0 unspecified atom stereocenters. The van der Waals surface area contributed by atoms with Crippen LogP contribution in [0.15, 0.2) is 5.16 Å². The monoisotopic (exact) mass is 381 g/mol. The Bertz CT molecular complexity index is 801. The number of hydrogen-bond donors (Lipinski definition) is 3. The highest BCUT2D eigenvalue weighted by molar-refractivity contribution is 7.99. The van der Waals surface area contributed by atoms with E-state index in [-0.39, 0.29) is 17.6 Å². The molecule has 8 nitrogen and oxygen atoms in total. The number of thiophene rings is 1. The van der Waals surface area contributed by atoms with E-state index in [9.17, 15) is 9.59 Å². The predicted octanol–water partition coefficient (Wildman–Crippen LogP) is 2.09. The molecule has 10 heteroatoms. The van der Waals surface area contributed by atoms with Gasteiger partial charge in [0.05, 0.1) is 18.4 Å². The smallest absolute Gasteiger partial charge is 0.341 e. The molecule has 1 atom stereocenters. The van der Waals surface area contributed by atoms with Crippen molar-refractivity contribution in [3.8, 4) is 0 Å². The molecule has 25 heavy (non-hydrogen) atoms. The van der Waals surface area contributed by atoms with Crippen LogP contribution >= 0.6 is 23.1 Å². The van der Waals surface area contributed by atoms with Gasteiger partial charge in [-0.05, 0) is 30.7 Å². The number of aromatic nitrogens is 3. The van der Waals surface area contributed by atoms with E-state index in [0.29, 0.717) is 21.6 Å². The number of nitrogens with two attached hydrogens (primary N) is 1. The number of carbonyl (C=O) groups excluding carboxylic acids is 2. The van der Waals surface area contributed by atoms with Gasteiger partial charge >= 0.3 is 5.97 Å². The first-order chi connectivity index (χ1) is 12.0. The molecule has 1 aliphatic rings. The zero-order valence-corrected chi connectivity index (χ0v) is 15.6. The Balaban J connectivity index is 1.74. The van der Waals surface area contributed by atoms with Crippen LogP contribution in [0.1, 0.15) is 34.1 Å². The highest BCUT2D eigenvalue weighted by Crippen LogP contribution is 2.40. The third-order valence-electron chi connectivity index (χ3n) is 3.97. The highest BCUT2D eigenvalue weighted by atomic mass is 32.2. The summed E-state index contributed by atoms with van der Waals surface area (Å²) in [5, 5.41) is 10.2. The maximum Gasteiger partial charge on any atom is 0.341 e. The topological polar surface area (TPSA) is 123 Å². The first-order valence-corrected chi connectivity index (χ1v) is 9.61. The fraction of sp³-hybridized carbons (Fsp3) is 0.467. The van der Waals surface area contributed by atoms with E-state index in [4.69, 9.17) is 10.5 Å². The molecule has 2 aromatic heterocycles. The SMILES string of the molecule is COC(=O)c1c(NC(=O)CSc2n[nH]c(N)n2)sc2c1CC[C@@H](C)C2. The zero-order valence-electron chi connectivity index (χ0n) is 13.9. The normalized spacial score (nSPS) is 16.3. The number of methoxy groups -OCH3 is 1. The van der Waals surface area contributed by atoms with Gasteiger partial charge in [0.1, 0.15) is 5.00 Å². The Kier molecular flexibility index (Phi) is 5.28. The van der Waals surface area contributed by atoms with Crippen LogP contribution in [-0.2, 0) is 22.4 Å². The first-order valence-electron chi connectivity index (χ1n) is 7.81. The molecule has 2 aromatic rings. The van der Waals surface area contributed by atoms with Gasteiger partial charge in [-0.3, -0.25) is 4.79 Å². The summed E-state index contributed by atoms with van der Waals surface area (Å²) in [4.78, 5) is 29.5. The number of rotatable bonds is 5. The number of ether oxygens (including phenoxy) is 1. The number of thioether (sulfide) groups is 1. The van der Waals surface area contributed by atoms with Crippen LogP contribution in [0, 0.1) is 5.92 Å². The van der Waals surface area contributed by atoms with Gasteiger partial charge in [0, 0.05) is 4.88 Å². The van der Waals surface area contributed by atoms with Gasteiger partial charge in [-0.2, -0.15) is 4.98 Å². The summed E-state index contributed by atoms with van der Waals surface area (Å²) in [6, 6.07) is 0. The van der Waals surface area contributed by atoms with E-state index < -0.39 is 5.97 Å². The molecule has 1 aliphatic carbocycles. The number of carbonyl (C=O) groups is 2. The lowest BCUT2D eigenvalue weighted by atomic mass is 9.88. The number of nitrogen functional groups attached to an aromatic ring is 1. The molecule has 1 amide bonds. The first kappa shape index (κ1) is 17.7. The largest absolute Gasteiger partial charge is 0.465 e. The van der Waals surface area contributed by atoms with Crippen LogP contribution in [0.25, 0.3) is 0 Å². The summed E-state index contributed by atoms with van der Waals surface area (Å²) in [5.41, 5.74) is 6.96. The van der Waals surface area contributed by atoms with Crippen molar-refractivity contribution in [2.75, 3.05) is 23.9 Å². The number of esters is 1. The summed E-state index contributed by atoms with van der Waals surface area (Å²) < 4.78 is 4.92. The average molecular weight is 381 g/mol. The maximum absolute atomic E-state index is 12.3. The summed E-state index contributed by atoms with van der Waals surface area (Å²) in [7, 11) is 1.35. The molecule has 0 aromatic carbocycles. The van der Waals surface area contributed by atoms with Crippen LogP contribution in [0.3, 0.4) is 0 Å². The Morgan fingerprint density at radius 2 is 2.32 bits per heavy atom. The summed E-state index contributed by atoms with van der Waals surface area (Å²) >= 11 is 2.63. The van der Waals surface area contributed by atoms with Gasteiger partial charge in [-0.15, -0.1) is 16.4 Å². The van der Waals surface area contributed by atoms with Crippen molar-refractivity contribution in [1.29, 1.82) is 0 Å². The summed E-state index contributed by atoms with van der Waals surface area (Å²) in [6.45, 7) is 2.19. The Hall–Kier alpha value is -2.07. The average Bonchev–Trinajstić information content (AvgIpc) is 3.14. The van der Waals surface area contributed by atoms with Gasteiger partial charge in [0.25, 0.3) is 0 Å². The van der Waals surface area contributed by atoms with Gasteiger partial charge in [0.15, 0.2) is 0 Å². The van der Waals surface area contributed by atoms with Crippen LogP contribution in [0.5, 0.6) is 0 Å². The molecular formula is C15H19N5O3S2. The highest BCUT2D eigenvalue weighted by Gasteiger charge is 2.28. The molecule has 0 saturated heterocycles. The predicted molar refractivity (Wildman–Crippen MR) is 97.0 cm³/mol. The standard InChI is InChI=1S/C15H19N5O3S2/c1-7-3-4-8-9(5-7)25-12(11(8)13(22)23-2)17-10(21)6-24-15-18-14(16)19-20-15/h7H,3-6H2,1-2H3,(H,17,21)(H3,16,18,19,20)/t7-/m1/s1. The van der Waals surface area contributed by atoms with E-state index in [1.165, 1.54) is 30.2 Å². The molecule has 0 aliphatic heterocycles.